The quantitative estimate of drug-likeness (QED) is 0.406. The van der Waals surface area contributed by atoms with E-state index < -0.39 is 40.8 Å². The van der Waals surface area contributed by atoms with Gasteiger partial charge in [-0.25, -0.2) is 14.5 Å². The number of thioether (sulfide) groups is 1. The number of fused-ring (bicyclic) bond motifs is 5. The number of methoxy groups -OCH3 is 1. The number of hydrogen-bond acceptors (Lipinski definition) is 8. The van der Waals surface area contributed by atoms with Crippen molar-refractivity contribution in [3.63, 3.8) is 0 Å². The van der Waals surface area contributed by atoms with Crippen molar-refractivity contribution in [2.24, 2.45) is 11.7 Å². The van der Waals surface area contributed by atoms with Crippen molar-refractivity contribution < 1.29 is 33.8 Å². The van der Waals surface area contributed by atoms with Crippen LogP contribution in [0.25, 0.3) is 0 Å². The smallest absolute Gasteiger partial charge is 0.342 e. The standard InChI is InChI=1S/C22H16N2O7S/c1-30-12-7-3-6-11-13-14-17(32-18(23)15(13)22(29)31-16(11)12)20(26)24(19(14)25)10-5-2-4-9(8-10)21(27)28/h2-8,13-14,17H,23H2,1H3,(H,27,28)/t13-,14-,17-/m0/s1. The van der Waals surface area contributed by atoms with Crippen LogP contribution in [0.5, 0.6) is 11.5 Å². The number of carboxylic acid groups (broad SMARTS) is 1. The normalized spacial score (nSPS) is 24.0. The first kappa shape index (κ1) is 20.1. The van der Waals surface area contributed by atoms with Gasteiger partial charge in [0.1, 0.15) is 5.25 Å². The molecule has 9 nitrogen and oxygen atoms in total. The molecule has 32 heavy (non-hydrogen) atoms. The molecule has 2 aromatic rings. The molecule has 2 amide bonds. The molecule has 3 atom stereocenters. The molecule has 0 radical (unpaired) electrons. The second kappa shape index (κ2) is 7.13. The van der Waals surface area contributed by atoms with Gasteiger partial charge in [-0.3, -0.25) is 9.59 Å². The monoisotopic (exact) mass is 452 g/mol. The van der Waals surface area contributed by atoms with Crippen LogP contribution in [0.15, 0.2) is 53.1 Å². The zero-order chi connectivity index (χ0) is 22.7. The molecule has 10 heteroatoms. The number of ether oxygens (including phenoxy) is 2. The van der Waals surface area contributed by atoms with Crippen molar-refractivity contribution in [2.45, 2.75) is 11.2 Å². The van der Waals surface area contributed by atoms with Crippen LogP contribution in [-0.4, -0.2) is 41.2 Å². The van der Waals surface area contributed by atoms with Crippen molar-refractivity contribution >= 4 is 41.2 Å². The third-order valence-corrected chi connectivity index (χ3v) is 7.04. The fourth-order valence-electron chi connectivity index (χ4n) is 4.45. The van der Waals surface area contributed by atoms with E-state index in [1.54, 1.807) is 18.2 Å². The first-order valence-corrected chi connectivity index (χ1v) is 10.5. The summed E-state index contributed by atoms with van der Waals surface area (Å²) in [5.41, 5.74) is 6.93. The molecule has 2 aromatic carbocycles. The molecule has 1 saturated heterocycles. The van der Waals surface area contributed by atoms with Crippen LogP contribution in [0, 0.1) is 5.92 Å². The Bertz CT molecular complexity index is 1250. The van der Waals surface area contributed by atoms with Crippen molar-refractivity contribution in [2.75, 3.05) is 12.0 Å². The van der Waals surface area contributed by atoms with Gasteiger partial charge in [0.25, 0.3) is 0 Å². The fourth-order valence-corrected chi connectivity index (χ4v) is 5.68. The number of carbonyl (C=O) groups excluding carboxylic acids is 3. The molecule has 0 bridgehead atoms. The van der Waals surface area contributed by atoms with Gasteiger partial charge >= 0.3 is 11.9 Å². The van der Waals surface area contributed by atoms with E-state index in [9.17, 15) is 24.3 Å². The molecule has 0 spiro atoms. The molecule has 3 N–H and O–H groups in total. The zero-order valence-electron chi connectivity index (χ0n) is 16.6. The van der Waals surface area contributed by atoms with Gasteiger partial charge in [0.15, 0.2) is 11.5 Å². The van der Waals surface area contributed by atoms with Crippen molar-refractivity contribution in [3.05, 3.63) is 64.2 Å². The highest BCUT2D eigenvalue weighted by atomic mass is 32.2. The lowest BCUT2D eigenvalue weighted by atomic mass is 9.77. The van der Waals surface area contributed by atoms with Crippen LogP contribution in [-0.2, 0) is 14.4 Å². The number of nitrogens with two attached hydrogens (primary N) is 1. The fraction of sp³-hybridized carbons (Fsp3) is 0.182. The van der Waals surface area contributed by atoms with Gasteiger partial charge in [0.05, 0.1) is 34.9 Å². The molecular weight excluding hydrogens is 436 g/mol. The topological polar surface area (TPSA) is 136 Å². The summed E-state index contributed by atoms with van der Waals surface area (Å²) < 4.78 is 10.8. The van der Waals surface area contributed by atoms with Crippen molar-refractivity contribution in [3.8, 4) is 11.5 Å². The number of aromatic carboxylic acids is 1. The maximum absolute atomic E-state index is 13.6. The molecule has 0 aromatic heterocycles. The number of carbonyl (C=O) groups is 4. The molecule has 5 rings (SSSR count). The highest BCUT2D eigenvalue weighted by Crippen LogP contribution is 2.55. The Kier molecular flexibility index (Phi) is 4.48. The molecule has 3 heterocycles. The second-order valence-electron chi connectivity index (χ2n) is 7.46. The lowest BCUT2D eigenvalue weighted by molar-refractivity contribution is -0.132. The van der Waals surface area contributed by atoms with Gasteiger partial charge in [0, 0.05) is 11.5 Å². The number of nitrogens with zero attached hydrogens (tertiary/aromatic N) is 1. The van der Waals surface area contributed by atoms with Crippen LogP contribution in [0.3, 0.4) is 0 Å². The van der Waals surface area contributed by atoms with E-state index in [-0.39, 0.29) is 27.6 Å². The average molecular weight is 452 g/mol. The maximum atomic E-state index is 13.6. The van der Waals surface area contributed by atoms with E-state index in [1.807, 2.05) is 0 Å². The number of imide groups is 1. The Labute approximate surface area is 185 Å². The number of esters is 1. The first-order chi connectivity index (χ1) is 15.3. The molecule has 3 aliphatic heterocycles. The molecule has 3 aliphatic rings. The Balaban J connectivity index is 1.65. The van der Waals surface area contributed by atoms with E-state index in [4.69, 9.17) is 15.2 Å². The molecule has 0 saturated carbocycles. The van der Waals surface area contributed by atoms with E-state index in [0.717, 1.165) is 16.7 Å². The molecule has 1 fully saturated rings. The third-order valence-electron chi connectivity index (χ3n) is 5.82. The number of amides is 2. The SMILES string of the molecule is COc1cccc2c1OC(=O)C1=C(N)S[C@@H]3C(=O)N(c4cccc(C(=O)O)c4)C(=O)[C@H]3[C@@H]12. The minimum atomic E-state index is -1.18. The summed E-state index contributed by atoms with van der Waals surface area (Å²) >= 11 is 0.949. The highest BCUT2D eigenvalue weighted by Gasteiger charge is 2.58. The van der Waals surface area contributed by atoms with E-state index in [0.29, 0.717) is 11.3 Å². The molecule has 162 valence electrons. The van der Waals surface area contributed by atoms with Gasteiger partial charge in [0.2, 0.25) is 11.8 Å². The predicted molar refractivity (Wildman–Crippen MR) is 113 cm³/mol. The van der Waals surface area contributed by atoms with Gasteiger partial charge in [-0.15, -0.1) is 0 Å². The van der Waals surface area contributed by atoms with Gasteiger partial charge in [-0.2, -0.15) is 0 Å². The Hall–Kier alpha value is -3.79. The van der Waals surface area contributed by atoms with Crippen LogP contribution in [0.4, 0.5) is 5.69 Å². The van der Waals surface area contributed by atoms with E-state index >= 15 is 0 Å². The maximum Gasteiger partial charge on any atom is 0.342 e. The van der Waals surface area contributed by atoms with Crippen LogP contribution >= 0.6 is 11.8 Å². The number of para-hydroxylation sites is 1. The van der Waals surface area contributed by atoms with Crippen LogP contribution in [0.2, 0.25) is 0 Å². The molecular formula is C22H16N2O7S. The lowest BCUT2D eigenvalue weighted by Crippen LogP contribution is -2.39. The summed E-state index contributed by atoms with van der Waals surface area (Å²) in [5, 5.41) is 8.54. The molecule has 0 unspecified atom stereocenters. The summed E-state index contributed by atoms with van der Waals surface area (Å²) in [5.74, 6) is -4.11. The third kappa shape index (κ3) is 2.72. The Morgan fingerprint density at radius 3 is 2.62 bits per heavy atom. The molecule has 0 aliphatic carbocycles. The van der Waals surface area contributed by atoms with Crippen LogP contribution < -0.4 is 20.1 Å². The largest absolute Gasteiger partial charge is 0.493 e. The second-order valence-corrected chi connectivity index (χ2v) is 8.64. The Morgan fingerprint density at radius 1 is 1.16 bits per heavy atom. The van der Waals surface area contributed by atoms with Gasteiger partial charge in [-0.1, -0.05) is 30.0 Å². The summed E-state index contributed by atoms with van der Waals surface area (Å²) in [4.78, 5) is 52.0. The minimum Gasteiger partial charge on any atom is -0.493 e. The van der Waals surface area contributed by atoms with Gasteiger partial charge < -0.3 is 20.3 Å². The van der Waals surface area contributed by atoms with Crippen LogP contribution in [0.1, 0.15) is 21.8 Å². The predicted octanol–water partition coefficient (Wildman–Crippen LogP) is 1.87. The number of rotatable bonds is 3. The van der Waals surface area contributed by atoms with E-state index in [2.05, 4.69) is 0 Å². The Morgan fingerprint density at radius 2 is 1.91 bits per heavy atom. The number of benzene rings is 2. The summed E-state index contributed by atoms with van der Waals surface area (Å²) in [6.07, 6.45) is 0. The zero-order valence-corrected chi connectivity index (χ0v) is 17.4. The highest BCUT2D eigenvalue weighted by molar-refractivity contribution is 8.04. The van der Waals surface area contributed by atoms with Crippen molar-refractivity contribution in [1.82, 2.24) is 0 Å². The van der Waals surface area contributed by atoms with E-state index in [1.165, 1.54) is 31.4 Å². The first-order valence-electron chi connectivity index (χ1n) is 9.60. The summed E-state index contributed by atoms with van der Waals surface area (Å²) in [6.45, 7) is 0. The van der Waals surface area contributed by atoms with Crippen molar-refractivity contribution in [1.29, 1.82) is 0 Å². The van der Waals surface area contributed by atoms with Gasteiger partial charge in [-0.05, 0) is 24.3 Å². The lowest BCUT2D eigenvalue weighted by Gasteiger charge is -2.36. The summed E-state index contributed by atoms with van der Waals surface area (Å²) in [7, 11) is 1.43. The summed E-state index contributed by atoms with van der Waals surface area (Å²) in [6, 6.07) is 10.6. The number of hydrogen-bond donors (Lipinski definition) is 2. The average Bonchev–Trinajstić information content (AvgIpc) is 3.02. The minimum absolute atomic E-state index is 0.0553. The number of anilines is 1. The number of carboxylic acids is 1.